The summed E-state index contributed by atoms with van der Waals surface area (Å²) >= 11 is 5.85. The highest BCUT2D eigenvalue weighted by Gasteiger charge is 2.19. The smallest absolute Gasteiger partial charge is 0.288 e. The summed E-state index contributed by atoms with van der Waals surface area (Å²) in [7, 11) is 0. The van der Waals surface area contributed by atoms with Crippen LogP contribution >= 0.6 is 11.6 Å². The molecule has 1 amide bonds. The van der Waals surface area contributed by atoms with Crippen LogP contribution in [0.25, 0.3) is 33.3 Å². The monoisotopic (exact) mass is 443 g/mol. The number of nitrogens with zero attached hydrogens (tertiary/aromatic N) is 2. The zero-order chi connectivity index (χ0) is 22.2. The highest BCUT2D eigenvalue weighted by molar-refractivity contribution is 6.32. The minimum Gasteiger partial charge on any atom is -0.435 e. The van der Waals surface area contributed by atoms with Crippen molar-refractivity contribution in [2.75, 3.05) is 5.32 Å². The number of nitrogens with one attached hydrogen (secondary N) is 1. The minimum absolute atomic E-state index is 0.0364. The average Bonchev–Trinajstić information content (AvgIpc) is 3.24. The fourth-order valence-electron chi connectivity index (χ4n) is 3.54. The number of rotatable bonds is 4. The van der Waals surface area contributed by atoms with E-state index in [-0.39, 0.29) is 16.3 Å². The number of nitro groups is 1. The van der Waals surface area contributed by atoms with Crippen LogP contribution < -0.4 is 5.32 Å². The molecule has 32 heavy (non-hydrogen) atoms. The molecule has 1 aromatic heterocycles. The van der Waals surface area contributed by atoms with Gasteiger partial charge in [0.25, 0.3) is 11.6 Å². The number of hydrogen-bond acceptors (Lipinski definition) is 5. The van der Waals surface area contributed by atoms with Crippen LogP contribution in [0.1, 0.15) is 10.4 Å². The summed E-state index contributed by atoms with van der Waals surface area (Å²) in [6, 6.07) is 22.7. The summed E-state index contributed by atoms with van der Waals surface area (Å²) in [4.78, 5) is 27.9. The van der Waals surface area contributed by atoms with Gasteiger partial charge in [0, 0.05) is 17.0 Å². The lowest BCUT2D eigenvalue weighted by atomic mass is 10.1. The van der Waals surface area contributed by atoms with Crippen LogP contribution in [0, 0.1) is 10.1 Å². The molecule has 5 rings (SSSR count). The van der Waals surface area contributed by atoms with E-state index in [1.165, 1.54) is 12.1 Å². The van der Waals surface area contributed by atoms with Gasteiger partial charge >= 0.3 is 0 Å². The number of amides is 1. The molecule has 8 heteroatoms. The maximum Gasteiger partial charge on any atom is 0.288 e. The van der Waals surface area contributed by atoms with Gasteiger partial charge in [0.05, 0.1) is 16.2 Å². The third kappa shape index (κ3) is 3.44. The van der Waals surface area contributed by atoms with E-state index in [0.717, 1.165) is 16.8 Å². The van der Waals surface area contributed by atoms with Crippen molar-refractivity contribution in [3.8, 4) is 11.5 Å². The van der Waals surface area contributed by atoms with E-state index < -0.39 is 10.8 Å². The van der Waals surface area contributed by atoms with Crippen molar-refractivity contribution in [2.24, 2.45) is 0 Å². The summed E-state index contributed by atoms with van der Waals surface area (Å²) in [5.74, 6) is -0.159. The summed E-state index contributed by atoms with van der Waals surface area (Å²) < 4.78 is 6.09. The standard InChI is InChI=1S/C24H14ClN3O4/c25-18-11-9-15(13-21(18)28(30)31)23(29)26-19-8-4-3-7-17(19)24-27-20-12-10-14-5-1-2-6-16(14)22(20)32-24/h1-13H,(H,26,29). The van der Waals surface area contributed by atoms with Crippen molar-refractivity contribution in [2.45, 2.75) is 0 Å². The molecule has 0 atom stereocenters. The fraction of sp³-hybridized carbons (Fsp3) is 0. The maximum atomic E-state index is 12.8. The van der Waals surface area contributed by atoms with Crippen molar-refractivity contribution in [1.29, 1.82) is 0 Å². The molecule has 156 valence electrons. The first-order valence-electron chi connectivity index (χ1n) is 9.64. The Hall–Kier alpha value is -4.23. The van der Waals surface area contributed by atoms with E-state index in [1.807, 2.05) is 42.5 Å². The van der Waals surface area contributed by atoms with Crippen molar-refractivity contribution in [1.82, 2.24) is 4.98 Å². The van der Waals surface area contributed by atoms with Gasteiger partial charge in [0.1, 0.15) is 10.5 Å². The molecule has 0 saturated carbocycles. The molecule has 0 spiro atoms. The van der Waals surface area contributed by atoms with Crippen LogP contribution in [0.15, 0.2) is 83.3 Å². The van der Waals surface area contributed by atoms with E-state index in [4.69, 9.17) is 16.0 Å². The molecule has 0 saturated heterocycles. The summed E-state index contributed by atoms with van der Waals surface area (Å²) in [6.07, 6.45) is 0. The van der Waals surface area contributed by atoms with Gasteiger partial charge in [-0.3, -0.25) is 14.9 Å². The molecule has 0 bridgehead atoms. The SMILES string of the molecule is O=C(Nc1ccccc1-c1nc2ccc3ccccc3c2o1)c1ccc(Cl)c([N+](=O)[O-])c1. The lowest BCUT2D eigenvalue weighted by Gasteiger charge is -2.09. The van der Waals surface area contributed by atoms with E-state index in [9.17, 15) is 14.9 Å². The molecule has 0 fully saturated rings. The maximum absolute atomic E-state index is 12.8. The molecule has 0 radical (unpaired) electrons. The van der Waals surface area contributed by atoms with E-state index >= 15 is 0 Å². The Morgan fingerprint density at radius 3 is 2.62 bits per heavy atom. The average molecular weight is 444 g/mol. The Balaban J connectivity index is 1.54. The number of nitro benzene ring substituents is 1. The van der Waals surface area contributed by atoms with Crippen LogP contribution in [0.3, 0.4) is 0 Å². The predicted octanol–water partition coefficient (Wildman–Crippen LogP) is 6.46. The highest BCUT2D eigenvalue weighted by Crippen LogP contribution is 2.34. The van der Waals surface area contributed by atoms with Gasteiger partial charge in [-0.15, -0.1) is 0 Å². The van der Waals surface area contributed by atoms with Crippen LogP contribution in [-0.4, -0.2) is 15.8 Å². The molecular formula is C24H14ClN3O4. The predicted molar refractivity (Wildman–Crippen MR) is 123 cm³/mol. The third-order valence-electron chi connectivity index (χ3n) is 5.09. The summed E-state index contributed by atoms with van der Waals surface area (Å²) in [5, 5.41) is 15.9. The second-order valence-corrected chi connectivity index (χ2v) is 7.48. The summed E-state index contributed by atoms with van der Waals surface area (Å²) in [5.41, 5.74) is 2.19. The Bertz CT molecular complexity index is 1530. The molecule has 0 unspecified atom stereocenters. The normalized spacial score (nSPS) is 11.0. The fourth-order valence-corrected chi connectivity index (χ4v) is 3.72. The molecule has 0 aliphatic rings. The number of oxazole rings is 1. The van der Waals surface area contributed by atoms with Gasteiger partial charge in [-0.25, -0.2) is 4.98 Å². The van der Waals surface area contributed by atoms with Crippen molar-refractivity contribution >= 4 is 50.8 Å². The van der Waals surface area contributed by atoms with Crippen molar-refractivity contribution < 1.29 is 14.1 Å². The number of halogens is 1. The number of fused-ring (bicyclic) bond motifs is 3. The molecule has 0 aliphatic heterocycles. The number of carbonyl (C=O) groups is 1. The summed E-state index contributed by atoms with van der Waals surface area (Å²) in [6.45, 7) is 0. The number of hydrogen-bond donors (Lipinski definition) is 1. The van der Waals surface area contributed by atoms with Gasteiger partial charge in [-0.1, -0.05) is 54.1 Å². The largest absolute Gasteiger partial charge is 0.435 e. The van der Waals surface area contributed by atoms with Gasteiger partial charge < -0.3 is 9.73 Å². The van der Waals surface area contributed by atoms with Crippen LogP contribution in [0.2, 0.25) is 5.02 Å². The third-order valence-corrected chi connectivity index (χ3v) is 5.41. The molecule has 7 nitrogen and oxygen atoms in total. The molecular weight excluding hydrogens is 430 g/mol. The molecule has 5 aromatic rings. The Kier molecular flexibility index (Phi) is 4.80. The van der Waals surface area contributed by atoms with Crippen molar-refractivity contribution in [3.63, 3.8) is 0 Å². The number of carbonyl (C=O) groups excluding carboxylic acids is 1. The minimum atomic E-state index is -0.629. The Labute approximate surface area is 186 Å². The van der Waals surface area contributed by atoms with Gasteiger partial charge in [0.15, 0.2) is 5.58 Å². The zero-order valence-electron chi connectivity index (χ0n) is 16.4. The lowest BCUT2D eigenvalue weighted by Crippen LogP contribution is -2.13. The number of para-hydroxylation sites is 1. The van der Waals surface area contributed by atoms with E-state index in [0.29, 0.717) is 28.2 Å². The number of benzene rings is 4. The van der Waals surface area contributed by atoms with Crippen LogP contribution in [-0.2, 0) is 0 Å². The number of anilines is 1. The van der Waals surface area contributed by atoms with Crippen molar-refractivity contribution in [3.05, 3.63) is 99.6 Å². The molecule has 0 aliphatic carbocycles. The quantitative estimate of drug-likeness (QED) is 0.254. The zero-order valence-corrected chi connectivity index (χ0v) is 17.2. The van der Waals surface area contributed by atoms with E-state index in [1.54, 1.807) is 18.2 Å². The van der Waals surface area contributed by atoms with Crippen LogP contribution in [0.5, 0.6) is 0 Å². The van der Waals surface area contributed by atoms with Gasteiger partial charge in [-0.2, -0.15) is 0 Å². The first kappa shape index (κ1) is 19.7. The molecule has 1 heterocycles. The second-order valence-electron chi connectivity index (χ2n) is 7.08. The topological polar surface area (TPSA) is 98.3 Å². The van der Waals surface area contributed by atoms with Gasteiger partial charge in [0.2, 0.25) is 5.89 Å². The van der Waals surface area contributed by atoms with Crippen LogP contribution in [0.4, 0.5) is 11.4 Å². The first-order valence-corrected chi connectivity index (χ1v) is 10.0. The highest BCUT2D eigenvalue weighted by atomic mass is 35.5. The lowest BCUT2D eigenvalue weighted by molar-refractivity contribution is -0.384. The molecule has 4 aromatic carbocycles. The van der Waals surface area contributed by atoms with Gasteiger partial charge in [-0.05, 0) is 35.7 Å². The first-order chi connectivity index (χ1) is 15.5. The second kappa shape index (κ2) is 7.79. The Morgan fingerprint density at radius 1 is 1.00 bits per heavy atom. The van der Waals surface area contributed by atoms with E-state index in [2.05, 4.69) is 10.3 Å². The Morgan fingerprint density at radius 2 is 1.78 bits per heavy atom. The molecule has 1 N–H and O–H groups in total. The number of aromatic nitrogens is 1.